The molecule has 2 heterocycles. The van der Waals surface area contributed by atoms with Crippen LogP contribution in [0.1, 0.15) is 17.3 Å². The Hall–Kier alpha value is -1.19. The first kappa shape index (κ1) is 14.7. The Kier molecular flexibility index (Phi) is 3.89. The van der Waals surface area contributed by atoms with E-state index >= 15 is 0 Å². The Bertz CT molecular complexity index is 569. The van der Waals surface area contributed by atoms with Crippen LogP contribution in [-0.2, 0) is 0 Å². The normalized spacial score (nSPS) is 28.8. The molecular weight excluding hydrogens is 290 g/mol. The van der Waals surface area contributed by atoms with E-state index in [-0.39, 0.29) is 17.5 Å². The van der Waals surface area contributed by atoms with Crippen molar-refractivity contribution in [3.63, 3.8) is 0 Å². The fourth-order valence-electron chi connectivity index (χ4n) is 3.54. The molecule has 114 valence electrons. The van der Waals surface area contributed by atoms with Crippen molar-refractivity contribution < 1.29 is 13.9 Å². The first-order valence-electron chi connectivity index (χ1n) is 7.15. The Morgan fingerprint density at radius 1 is 1.38 bits per heavy atom. The smallest absolute Gasteiger partial charge is 0.257 e. The molecule has 0 saturated carbocycles. The lowest BCUT2D eigenvalue weighted by atomic mass is 9.95. The average molecular weight is 310 g/mol. The van der Waals surface area contributed by atoms with Gasteiger partial charge in [0.2, 0.25) is 0 Å². The quantitative estimate of drug-likeness (QED) is 0.784. The highest BCUT2D eigenvalue weighted by Crippen LogP contribution is 2.38. The van der Waals surface area contributed by atoms with Crippen LogP contribution >= 0.6 is 9.39 Å². The molecule has 2 aliphatic heterocycles. The van der Waals surface area contributed by atoms with E-state index in [2.05, 4.69) is 21.0 Å². The molecule has 2 fully saturated rings. The van der Waals surface area contributed by atoms with Crippen LogP contribution in [0.4, 0.5) is 4.39 Å². The average Bonchev–Trinajstić information content (AvgIpc) is 2.96. The SMILES string of the molecule is COc1ccc(C(=O)N2C[C@H]3CN(P)C[C@H]3[C@@H]2C)c(F)c1. The van der Waals surface area contributed by atoms with E-state index in [4.69, 9.17) is 4.74 Å². The van der Waals surface area contributed by atoms with Crippen LogP contribution < -0.4 is 4.74 Å². The van der Waals surface area contributed by atoms with Crippen LogP contribution in [0.5, 0.6) is 5.75 Å². The number of carbonyl (C=O) groups is 1. The summed E-state index contributed by atoms with van der Waals surface area (Å²) < 4.78 is 21.3. The van der Waals surface area contributed by atoms with Crippen molar-refractivity contribution in [2.75, 3.05) is 26.7 Å². The van der Waals surface area contributed by atoms with Gasteiger partial charge in [-0.1, -0.05) is 9.39 Å². The molecule has 6 heteroatoms. The molecule has 0 bridgehead atoms. The highest BCUT2D eigenvalue weighted by atomic mass is 31.0. The largest absolute Gasteiger partial charge is 0.497 e. The zero-order valence-corrected chi connectivity index (χ0v) is 13.4. The summed E-state index contributed by atoms with van der Waals surface area (Å²) in [6, 6.07) is 4.55. The van der Waals surface area contributed by atoms with E-state index < -0.39 is 5.82 Å². The summed E-state index contributed by atoms with van der Waals surface area (Å²) in [7, 11) is 4.21. The van der Waals surface area contributed by atoms with Crippen molar-refractivity contribution in [3.05, 3.63) is 29.6 Å². The van der Waals surface area contributed by atoms with Gasteiger partial charge in [0, 0.05) is 31.7 Å². The molecule has 0 aliphatic carbocycles. The number of halogens is 1. The van der Waals surface area contributed by atoms with E-state index in [1.54, 1.807) is 6.07 Å². The number of amides is 1. The Morgan fingerprint density at radius 2 is 2.14 bits per heavy atom. The molecule has 3 rings (SSSR count). The first-order valence-corrected chi connectivity index (χ1v) is 7.67. The maximum Gasteiger partial charge on any atom is 0.257 e. The molecule has 4 nitrogen and oxygen atoms in total. The second-order valence-corrected chi connectivity index (χ2v) is 6.65. The van der Waals surface area contributed by atoms with Gasteiger partial charge in [-0.25, -0.2) is 4.39 Å². The number of methoxy groups -OCH3 is 1. The third-order valence-corrected chi connectivity index (χ3v) is 5.15. The van der Waals surface area contributed by atoms with Gasteiger partial charge in [0.25, 0.3) is 5.91 Å². The first-order chi connectivity index (χ1) is 10.0. The topological polar surface area (TPSA) is 32.8 Å². The van der Waals surface area contributed by atoms with E-state index in [9.17, 15) is 9.18 Å². The van der Waals surface area contributed by atoms with Gasteiger partial charge in [-0.15, -0.1) is 0 Å². The van der Waals surface area contributed by atoms with Crippen molar-refractivity contribution >= 4 is 15.3 Å². The van der Waals surface area contributed by atoms with Gasteiger partial charge in [-0.05, 0) is 30.9 Å². The van der Waals surface area contributed by atoms with Crippen LogP contribution in [0.25, 0.3) is 0 Å². The number of nitrogens with zero attached hydrogens (tertiary/aromatic N) is 2. The van der Waals surface area contributed by atoms with Crippen LogP contribution in [0.2, 0.25) is 0 Å². The monoisotopic (exact) mass is 310 g/mol. The summed E-state index contributed by atoms with van der Waals surface area (Å²) in [5, 5.41) is 0. The Labute approximate surface area is 126 Å². The summed E-state index contributed by atoms with van der Waals surface area (Å²) in [5.74, 6) is 0.660. The van der Waals surface area contributed by atoms with E-state index in [1.807, 2.05) is 4.90 Å². The highest BCUT2D eigenvalue weighted by Gasteiger charge is 2.46. The molecule has 4 atom stereocenters. The van der Waals surface area contributed by atoms with Crippen molar-refractivity contribution in [3.8, 4) is 5.75 Å². The maximum absolute atomic E-state index is 14.1. The number of likely N-dealkylation sites (tertiary alicyclic amines) is 1. The minimum Gasteiger partial charge on any atom is -0.497 e. The number of hydrogen-bond donors (Lipinski definition) is 0. The minimum atomic E-state index is -0.517. The van der Waals surface area contributed by atoms with Gasteiger partial charge < -0.3 is 9.64 Å². The standard InChI is InChI=1S/C15H20FN2O2P/c1-9-13-8-17(21)6-10(13)7-18(9)15(19)12-4-3-11(20-2)5-14(12)16/h3-5,9-10,13H,6-8,21H2,1-2H3/t9-,10+,13-/m0/s1. The van der Waals surface area contributed by atoms with Crippen molar-refractivity contribution in [2.45, 2.75) is 13.0 Å². The van der Waals surface area contributed by atoms with Crippen LogP contribution in [0.15, 0.2) is 18.2 Å². The van der Waals surface area contributed by atoms with Crippen molar-refractivity contribution in [1.82, 2.24) is 9.57 Å². The zero-order chi connectivity index (χ0) is 15.1. The summed E-state index contributed by atoms with van der Waals surface area (Å²) in [5.41, 5.74) is 0.130. The molecule has 21 heavy (non-hydrogen) atoms. The van der Waals surface area contributed by atoms with E-state index in [0.29, 0.717) is 24.1 Å². The van der Waals surface area contributed by atoms with Crippen molar-refractivity contribution in [1.29, 1.82) is 0 Å². The molecule has 1 amide bonds. The van der Waals surface area contributed by atoms with Crippen LogP contribution in [-0.4, -0.2) is 48.3 Å². The molecular formula is C15H20FN2O2P. The molecule has 1 unspecified atom stereocenters. The molecule has 0 N–H and O–H groups in total. The summed E-state index contributed by atoms with van der Waals surface area (Å²) in [6.07, 6.45) is 0. The van der Waals surface area contributed by atoms with E-state index in [0.717, 1.165) is 13.1 Å². The fraction of sp³-hybridized carbons (Fsp3) is 0.533. The van der Waals surface area contributed by atoms with E-state index in [1.165, 1.54) is 19.2 Å². The molecule has 0 radical (unpaired) electrons. The maximum atomic E-state index is 14.1. The van der Waals surface area contributed by atoms with Gasteiger partial charge in [-0.2, -0.15) is 0 Å². The predicted octanol–water partition coefficient (Wildman–Crippen LogP) is 2.02. The van der Waals surface area contributed by atoms with Crippen molar-refractivity contribution in [2.24, 2.45) is 11.8 Å². The predicted molar refractivity (Wildman–Crippen MR) is 81.7 cm³/mol. The molecule has 0 aromatic heterocycles. The molecule has 1 aromatic rings. The summed E-state index contributed by atoms with van der Waals surface area (Å²) in [6.45, 7) is 4.73. The Balaban J connectivity index is 1.80. The lowest BCUT2D eigenvalue weighted by Gasteiger charge is -2.26. The molecule has 0 spiro atoms. The number of ether oxygens (including phenoxy) is 1. The molecule has 1 aromatic carbocycles. The Morgan fingerprint density at radius 3 is 2.76 bits per heavy atom. The summed E-state index contributed by atoms with van der Waals surface area (Å²) >= 11 is 0. The highest BCUT2D eigenvalue weighted by molar-refractivity contribution is 7.13. The third-order valence-electron chi connectivity index (χ3n) is 4.73. The zero-order valence-electron chi connectivity index (χ0n) is 12.3. The minimum absolute atomic E-state index is 0.130. The van der Waals surface area contributed by atoms with Crippen LogP contribution in [0, 0.1) is 17.7 Å². The second kappa shape index (κ2) is 5.54. The van der Waals surface area contributed by atoms with Crippen LogP contribution in [0.3, 0.4) is 0 Å². The number of carbonyl (C=O) groups excluding carboxylic acids is 1. The fourth-order valence-corrected chi connectivity index (χ4v) is 4.05. The van der Waals surface area contributed by atoms with Gasteiger partial charge in [0.05, 0.1) is 12.7 Å². The lowest BCUT2D eigenvalue weighted by Crippen LogP contribution is -2.38. The third kappa shape index (κ3) is 2.53. The molecule has 2 aliphatic rings. The molecule has 2 saturated heterocycles. The number of benzene rings is 1. The van der Waals surface area contributed by atoms with Gasteiger partial charge in [0.15, 0.2) is 0 Å². The number of hydrogen-bond acceptors (Lipinski definition) is 3. The lowest BCUT2D eigenvalue weighted by molar-refractivity contribution is 0.0719. The van der Waals surface area contributed by atoms with Gasteiger partial charge in [-0.3, -0.25) is 9.46 Å². The summed E-state index contributed by atoms with van der Waals surface area (Å²) in [4.78, 5) is 14.4. The van der Waals surface area contributed by atoms with Gasteiger partial charge in [0.1, 0.15) is 11.6 Å². The number of fused-ring (bicyclic) bond motifs is 1. The number of rotatable bonds is 2. The second-order valence-electron chi connectivity index (χ2n) is 5.92. The van der Waals surface area contributed by atoms with Gasteiger partial charge >= 0.3 is 0 Å².